The van der Waals surface area contributed by atoms with E-state index in [2.05, 4.69) is 25.1 Å². The van der Waals surface area contributed by atoms with Crippen molar-refractivity contribution in [3.8, 4) is 0 Å². The molecule has 3 heterocycles. The second kappa shape index (κ2) is 4.79. The fourth-order valence-electron chi connectivity index (χ4n) is 2.33. The molecule has 0 bridgehead atoms. The summed E-state index contributed by atoms with van der Waals surface area (Å²) in [4.78, 5) is 16.1. The number of fused-ring (bicyclic) bond motifs is 1. The summed E-state index contributed by atoms with van der Waals surface area (Å²) >= 11 is 0. The van der Waals surface area contributed by atoms with Gasteiger partial charge >= 0.3 is 0 Å². The van der Waals surface area contributed by atoms with Crippen molar-refractivity contribution in [2.45, 2.75) is 32.4 Å². The summed E-state index contributed by atoms with van der Waals surface area (Å²) < 4.78 is 2.09. The molecule has 19 heavy (non-hydrogen) atoms. The zero-order valence-corrected chi connectivity index (χ0v) is 10.7. The first-order valence-corrected chi connectivity index (χ1v) is 6.39. The van der Waals surface area contributed by atoms with Crippen molar-refractivity contribution >= 4 is 5.91 Å². The smallest absolute Gasteiger partial charge is 0.270 e. The van der Waals surface area contributed by atoms with E-state index < -0.39 is 0 Å². The van der Waals surface area contributed by atoms with E-state index in [1.165, 1.54) is 0 Å². The molecule has 3 rings (SSSR count). The van der Waals surface area contributed by atoms with Crippen molar-refractivity contribution in [2.75, 3.05) is 0 Å². The van der Waals surface area contributed by atoms with Gasteiger partial charge in [-0.2, -0.15) is 0 Å². The highest BCUT2D eigenvalue weighted by Gasteiger charge is 2.22. The molecule has 1 atom stereocenters. The summed E-state index contributed by atoms with van der Waals surface area (Å²) in [6, 6.07) is 5.09. The van der Waals surface area contributed by atoms with Crippen LogP contribution in [0, 0.1) is 0 Å². The van der Waals surface area contributed by atoms with Crippen molar-refractivity contribution in [3.05, 3.63) is 41.7 Å². The van der Waals surface area contributed by atoms with Crippen molar-refractivity contribution in [2.24, 2.45) is 0 Å². The minimum absolute atomic E-state index is 0.172. The van der Waals surface area contributed by atoms with Crippen molar-refractivity contribution < 1.29 is 4.79 Å². The lowest BCUT2D eigenvalue weighted by Crippen LogP contribution is -2.29. The number of pyridine rings is 1. The summed E-state index contributed by atoms with van der Waals surface area (Å²) in [7, 11) is 0. The molecule has 0 fully saturated rings. The van der Waals surface area contributed by atoms with Crippen LogP contribution in [0.5, 0.6) is 0 Å². The fourth-order valence-corrected chi connectivity index (χ4v) is 2.33. The van der Waals surface area contributed by atoms with Crippen LogP contribution in [0.3, 0.4) is 0 Å². The summed E-state index contributed by atoms with van der Waals surface area (Å²) in [5.41, 5.74) is 0.413. The van der Waals surface area contributed by atoms with Gasteiger partial charge in [0.15, 0.2) is 5.82 Å². The highest BCUT2D eigenvalue weighted by molar-refractivity contribution is 5.92. The lowest BCUT2D eigenvalue weighted by Gasteiger charge is -2.13. The molecule has 1 aliphatic heterocycles. The molecule has 2 aromatic heterocycles. The van der Waals surface area contributed by atoms with E-state index in [-0.39, 0.29) is 11.9 Å². The Kier molecular flexibility index (Phi) is 2.98. The lowest BCUT2D eigenvalue weighted by molar-refractivity contribution is 0.0932. The Hall–Kier alpha value is -2.24. The van der Waals surface area contributed by atoms with Gasteiger partial charge in [0.05, 0.1) is 6.04 Å². The van der Waals surface area contributed by atoms with Crippen molar-refractivity contribution in [1.82, 2.24) is 25.1 Å². The molecule has 1 N–H and O–H groups in total. The Labute approximate surface area is 110 Å². The number of rotatable bonds is 3. The Balaban J connectivity index is 1.75. The molecule has 6 nitrogen and oxygen atoms in total. The summed E-state index contributed by atoms with van der Waals surface area (Å²) in [5, 5.41) is 11.2. The van der Waals surface area contributed by atoms with Crippen LogP contribution in [0.25, 0.3) is 0 Å². The van der Waals surface area contributed by atoms with Crippen LogP contribution in [0.15, 0.2) is 24.4 Å². The standard InChI is InChI=1S/C13H15N5O/c1-9(12-17-16-11-6-4-8-18(11)12)15-13(19)10-5-2-3-7-14-10/h2-3,5,7,9H,4,6,8H2,1H3,(H,15,19)/t9-/m0/s1. The number of amides is 1. The van der Waals surface area contributed by atoms with Crippen LogP contribution < -0.4 is 5.32 Å². The molecule has 0 unspecified atom stereocenters. The first-order chi connectivity index (χ1) is 9.25. The van der Waals surface area contributed by atoms with E-state index in [9.17, 15) is 4.79 Å². The zero-order valence-electron chi connectivity index (χ0n) is 10.7. The van der Waals surface area contributed by atoms with Gasteiger partial charge in [0.1, 0.15) is 11.5 Å². The molecule has 1 amide bonds. The molecule has 98 valence electrons. The van der Waals surface area contributed by atoms with Gasteiger partial charge < -0.3 is 9.88 Å². The Bertz CT molecular complexity index is 592. The average Bonchev–Trinajstić information content (AvgIpc) is 3.01. The number of carbonyl (C=O) groups excluding carboxylic acids is 1. The van der Waals surface area contributed by atoms with E-state index >= 15 is 0 Å². The van der Waals surface area contributed by atoms with Gasteiger partial charge in [-0.25, -0.2) is 0 Å². The van der Waals surface area contributed by atoms with Crippen LogP contribution in [-0.2, 0) is 13.0 Å². The minimum Gasteiger partial charge on any atom is -0.341 e. The molecule has 0 saturated heterocycles. The predicted octanol–water partition coefficient (Wildman–Crippen LogP) is 1.11. The zero-order chi connectivity index (χ0) is 13.2. The Morgan fingerprint density at radius 3 is 3.11 bits per heavy atom. The van der Waals surface area contributed by atoms with Crippen LogP contribution >= 0.6 is 0 Å². The Morgan fingerprint density at radius 2 is 2.32 bits per heavy atom. The van der Waals surface area contributed by atoms with E-state index in [1.54, 1.807) is 24.4 Å². The molecule has 0 saturated carbocycles. The topological polar surface area (TPSA) is 72.7 Å². The van der Waals surface area contributed by atoms with Crippen LogP contribution in [0.4, 0.5) is 0 Å². The third kappa shape index (κ3) is 2.21. The number of nitrogens with zero attached hydrogens (tertiary/aromatic N) is 4. The molecule has 1 aliphatic rings. The molecular weight excluding hydrogens is 242 g/mol. The highest BCUT2D eigenvalue weighted by atomic mass is 16.1. The first-order valence-electron chi connectivity index (χ1n) is 6.39. The summed E-state index contributed by atoms with van der Waals surface area (Å²) in [6.07, 6.45) is 3.67. The normalized spacial score (nSPS) is 15.0. The molecule has 0 spiro atoms. The summed E-state index contributed by atoms with van der Waals surface area (Å²) in [5.74, 6) is 1.63. The number of hydrogen-bond donors (Lipinski definition) is 1. The quantitative estimate of drug-likeness (QED) is 0.894. The third-order valence-electron chi connectivity index (χ3n) is 3.27. The van der Waals surface area contributed by atoms with Crippen LogP contribution in [0.1, 0.15) is 41.5 Å². The first kappa shape index (κ1) is 11.8. The number of aryl methyl sites for hydroxylation is 1. The third-order valence-corrected chi connectivity index (χ3v) is 3.27. The fraction of sp³-hybridized carbons (Fsp3) is 0.385. The van der Waals surface area contributed by atoms with Crippen molar-refractivity contribution in [1.29, 1.82) is 0 Å². The lowest BCUT2D eigenvalue weighted by atomic mass is 10.2. The second-order valence-electron chi connectivity index (χ2n) is 4.64. The Morgan fingerprint density at radius 1 is 1.42 bits per heavy atom. The molecular formula is C13H15N5O. The number of nitrogens with one attached hydrogen (secondary N) is 1. The molecule has 2 aromatic rings. The van der Waals surface area contributed by atoms with Gasteiger partial charge in [0, 0.05) is 19.2 Å². The molecule has 6 heteroatoms. The van der Waals surface area contributed by atoms with Gasteiger partial charge in [-0.1, -0.05) is 6.07 Å². The average molecular weight is 257 g/mol. The molecule has 0 aliphatic carbocycles. The minimum atomic E-state index is -0.191. The molecule has 0 aromatic carbocycles. The van der Waals surface area contributed by atoms with Crippen LogP contribution in [-0.4, -0.2) is 25.7 Å². The highest BCUT2D eigenvalue weighted by Crippen LogP contribution is 2.19. The van der Waals surface area contributed by atoms with Gasteiger partial charge in [0.2, 0.25) is 0 Å². The van der Waals surface area contributed by atoms with Gasteiger partial charge in [0.25, 0.3) is 5.91 Å². The van der Waals surface area contributed by atoms with Crippen LogP contribution in [0.2, 0.25) is 0 Å². The summed E-state index contributed by atoms with van der Waals surface area (Å²) in [6.45, 7) is 2.85. The van der Waals surface area contributed by atoms with Gasteiger partial charge in [-0.05, 0) is 25.5 Å². The number of hydrogen-bond acceptors (Lipinski definition) is 4. The monoisotopic (exact) mass is 257 g/mol. The molecule has 0 radical (unpaired) electrons. The van der Waals surface area contributed by atoms with E-state index in [0.29, 0.717) is 5.69 Å². The van der Waals surface area contributed by atoms with E-state index in [0.717, 1.165) is 31.0 Å². The predicted molar refractivity (Wildman–Crippen MR) is 68.5 cm³/mol. The van der Waals surface area contributed by atoms with E-state index in [1.807, 2.05) is 6.92 Å². The van der Waals surface area contributed by atoms with Gasteiger partial charge in [-0.3, -0.25) is 9.78 Å². The number of aromatic nitrogens is 4. The van der Waals surface area contributed by atoms with E-state index in [4.69, 9.17) is 0 Å². The maximum absolute atomic E-state index is 12.0. The second-order valence-corrected chi connectivity index (χ2v) is 4.64. The number of carbonyl (C=O) groups is 1. The van der Waals surface area contributed by atoms with Crippen molar-refractivity contribution in [3.63, 3.8) is 0 Å². The maximum Gasteiger partial charge on any atom is 0.270 e. The largest absolute Gasteiger partial charge is 0.341 e. The van der Waals surface area contributed by atoms with Gasteiger partial charge in [-0.15, -0.1) is 10.2 Å². The maximum atomic E-state index is 12.0. The SMILES string of the molecule is C[C@H](NC(=O)c1ccccn1)c1nnc2n1CCC2.